The Balaban J connectivity index is 1.58. The Morgan fingerprint density at radius 1 is 0.692 bits per heavy atom. The van der Waals surface area contributed by atoms with Crippen LogP contribution in [-0.4, -0.2) is 8.42 Å². The largest absolute Gasteiger partial charge is 0.399 e. The maximum atomic E-state index is 12.3. The summed E-state index contributed by atoms with van der Waals surface area (Å²) < 4.78 is 27.2. The Morgan fingerprint density at radius 2 is 1.23 bits per heavy atom. The van der Waals surface area contributed by atoms with E-state index in [0.29, 0.717) is 6.54 Å². The lowest BCUT2D eigenvalue weighted by Crippen LogP contribution is -2.24. The van der Waals surface area contributed by atoms with Crippen LogP contribution in [0.3, 0.4) is 0 Å². The van der Waals surface area contributed by atoms with Crippen LogP contribution in [0.25, 0.3) is 0 Å². The standard InChI is InChI=1S/C21H22N2O2S/c22-21-12-10-18(11-13-21)14-17-6-8-20(9-7-17)16-26(24,25)23-15-19-4-2-1-3-5-19/h1-13,23H,14-16,22H2. The minimum Gasteiger partial charge on any atom is -0.399 e. The molecule has 3 aromatic rings. The molecule has 0 radical (unpaired) electrons. The van der Waals surface area contributed by atoms with Gasteiger partial charge in [-0.1, -0.05) is 66.7 Å². The lowest BCUT2D eigenvalue weighted by molar-refractivity contribution is 0.580. The molecule has 0 saturated heterocycles. The van der Waals surface area contributed by atoms with Crippen LogP contribution in [0.1, 0.15) is 22.3 Å². The quantitative estimate of drug-likeness (QED) is 0.629. The molecule has 26 heavy (non-hydrogen) atoms. The normalized spacial score (nSPS) is 11.4. The first-order valence-electron chi connectivity index (χ1n) is 8.44. The number of anilines is 1. The number of nitrogen functional groups attached to an aromatic ring is 1. The van der Waals surface area contributed by atoms with Gasteiger partial charge in [-0.25, -0.2) is 13.1 Å². The molecule has 0 bridgehead atoms. The molecular formula is C21H22N2O2S. The van der Waals surface area contributed by atoms with Crippen molar-refractivity contribution in [2.45, 2.75) is 18.7 Å². The van der Waals surface area contributed by atoms with Crippen LogP contribution in [0.4, 0.5) is 5.69 Å². The van der Waals surface area contributed by atoms with Crippen molar-refractivity contribution in [3.8, 4) is 0 Å². The summed E-state index contributed by atoms with van der Waals surface area (Å²) >= 11 is 0. The molecule has 0 aliphatic rings. The summed E-state index contributed by atoms with van der Waals surface area (Å²) in [6, 6.07) is 24.9. The number of nitrogens with two attached hydrogens (primary N) is 1. The van der Waals surface area contributed by atoms with Gasteiger partial charge in [0.1, 0.15) is 0 Å². The predicted octanol–water partition coefficient (Wildman–Crippen LogP) is 3.48. The van der Waals surface area contributed by atoms with Gasteiger partial charge < -0.3 is 5.73 Å². The van der Waals surface area contributed by atoms with E-state index >= 15 is 0 Å². The van der Waals surface area contributed by atoms with Gasteiger partial charge in [0, 0.05) is 12.2 Å². The van der Waals surface area contributed by atoms with E-state index in [4.69, 9.17) is 5.73 Å². The Bertz CT molecular complexity index is 936. The highest BCUT2D eigenvalue weighted by atomic mass is 32.2. The number of benzene rings is 3. The second-order valence-electron chi connectivity index (χ2n) is 6.30. The number of nitrogens with one attached hydrogen (secondary N) is 1. The summed E-state index contributed by atoms with van der Waals surface area (Å²) in [5.41, 5.74) is 10.5. The Morgan fingerprint density at radius 3 is 1.85 bits per heavy atom. The number of hydrogen-bond acceptors (Lipinski definition) is 3. The molecule has 3 aromatic carbocycles. The van der Waals surface area contributed by atoms with Crippen molar-refractivity contribution >= 4 is 15.7 Å². The van der Waals surface area contributed by atoms with Gasteiger partial charge in [-0.2, -0.15) is 0 Å². The smallest absolute Gasteiger partial charge is 0.216 e. The first-order chi connectivity index (χ1) is 12.5. The van der Waals surface area contributed by atoms with Crippen molar-refractivity contribution < 1.29 is 8.42 Å². The third-order valence-corrected chi connectivity index (χ3v) is 5.40. The van der Waals surface area contributed by atoms with Gasteiger partial charge in [0.2, 0.25) is 10.0 Å². The van der Waals surface area contributed by atoms with E-state index in [-0.39, 0.29) is 5.75 Å². The molecule has 0 aromatic heterocycles. The van der Waals surface area contributed by atoms with Crippen LogP contribution in [0.2, 0.25) is 0 Å². The SMILES string of the molecule is Nc1ccc(Cc2ccc(CS(=O)(=O)NCc3ccccc3)cc2)cc1. The molecule has 3 N–H and O–H groups in total. The van der Waals surface area contributed by atoms with E-state index < -0.39 is 10.0 Å². The molecule has 0 atom stereocenters. The number of sulfonamides is 1. The maximum absolute atomic E-state index is 12.3. The van der Waals surface area contributed by atoms with Crippen molar-refractivity contribution in [1.82, 2.24) is 4.72 Å². The van der Waals surface area contributed by atoms with Crippen molar-refractivity contribution in [2.75, 3.05) is 5.73 Å². The third kappa shape index (κ3) is 5.44. The summed E-state index contributed by atoms with van der Waals surface area (Å²) in [5.74, 6) is -0.0258. The van der Waals surface area contributed by atoms with Gasteiger partial charge in [0.15, 0.2) is 0 Å². The second kappa shape index (κ2) is 8.17. The van der Waals surface area contributed by atoms with Gasteiger partial charge >= 0.3 is 0 Å². The average Bonchev–Trinajstić information content (AvgIpc) is 2.64. The first-order valence-corrected chi connectivity index (χ1v) is 10.1. The monoisotopic (exact) mass is 366 g/mol. The molecular weight excluding hydrogens is 344 g/mol. The topological polar surface area (TPSA) is 72.2 Å². The minimum atomic E-state index is -3.37. The van der Waals surface area contributed by atoms with Crippen LogP contribution < -0.4 is 10.5 Å². The molecule has 0 heterocycles. The van der Waals surface area contributed by atoms with Gasteiger partial charge in [0.05, 0.1) is 5.75 Å². The van der Waals surface area contributed by atoms with E-state index in [2.05, 4.69) is 4.72 Å². The number of hydrogen-bond donors (Lipinski definition) is 2. The summed E-state index contributed by atoms with van der Waals surface area (Å²) in [6.45, 7) is 0.304. The van der Waals surface area contributed by atoms with E-state index in [1.165, 1.54) is 5.56 Å². The molecule has 0 saturated carbocycles. The predicted molar refractivity (Wildman–Crippen MR) is 106 cm³/mol. The highest BCUT2D eigenvalue weighted by Gasteiger charge is 2.11. The fourth-order valence-electron chi connectivity index (χ4n) is 2.68. The van der Waals surface area contributed by atoms with Crippen LogP contribution in [-0.2, 0) is 28.7 Å². The Labute approximate surface area is 154 Å². The molecule has 5 heteroatoms. The fourth-order valence-corrected chi connectivity index (χ4v) is 3.80. The molecule has 0 unspecified atom stereocenters. The summed E-state index contributed by atoms with van der Waals surface area (Å²) in [5, 5.41) is 0. The van der Waals surface area contributed by atoms with E-state index in [1.54, 1.807) is 0 Å². The van der Waals surface area contributed by atoms with Crippen LogP contribution in [0, 0.1) is 0 Å². The molecule has 134 valence electrons. The highest BCUT2D eigenvalue weighted by Crippen LogP contribution is 2.14. The molecule has 4 nitrogen and oxygen atoms in total. The van der Waals surface area contributed by atoms with Crippen LogP contribution in [0.5, 0.6) is 0 Å². The van der Waals surface area contributed by atoms with Gasteiger partial charge in [0.25, 0.3) is 0 Å². The summed E-state index contributed by atoms with van der Waals surface area (Å²) in [7, 11) is -3.37. The van der Waals surface area contributed by atoms with Gasteiger partial charge in [-0.15, -0.1) is 0 Å². The molecule has 0 amide bonds. The van der Waals surface area contributed by atoms with Crippen molar-refractivity contribution in [2.24, 2.45) is 0 Å². The Hall–Kier alpha value is -2.63. The first kappa shape index (κ1) is 18.2. The van der Waals surface area contributed by atoms with Crippen LogP contribution >= 0.6 is 0 Å². The third-order valence-electron chi connectivity index (χ3n) is 4.11. The molecule has 0 aliphatic carbocycles. The second-order valence-corrected chi connectivity index (χ2v) is 8.11. The van der Waals surface area contributed by atoms with Gasteiger partial charge in [-0.3, -0.25) is 0 Å². The zero-order valence-electron chi connectivity index (χ0n) is 14.4. The van der Waals surface area contributed by atoms with E-state index in [1.807, 2.05) is 78.9 Å². The van der Waals surface area contributed by atoms with Crippen molar-refractivity contribution in [3.05, 3.63) is 101 Å². The zero-order chi connectivity index (χ0) is 18.4. The molecule has 3 rings (SSSR count). The highest BCUT2D eigenvalue weighted by molar-refractivity contribution is 7.88. The molecule has 0 fully saturated rings. The van der Waals surface area contributed by atoms with E-state index in [0.717, 1.165) is 28.8 Å². The number of rotatable bonds is 7. The lowest BCUT2D eigenvalue weighted by atomic mass is 10.0. The van der Waals surface area contributed by atoms with Crippen molar-refractivity contribution in [1.29, 1.82) is 0 Å². The molecule has 0 spiro atoms. The maximum Gasteiger partial charge on any atom is 0.216 e. The van der Waals surface area contributed by atoms with E-state index in [9.17, 15) is 8.42 Å². The van der Waals surface area contributed by atoms with Gasteiger partial charge in [-0.05, 0) is 40.8 Å². The zero-order valence-corrected chi connectivity index (χ0v) is 15.2. The Kier molecular flexibility index (Phi) is 5.71. The average molecular weight is 366 g/mol. The molecule has 0 aliphatic heterocycles. The lowest BCUT2D eigenvalue weighted by Gasteiger charge is -2.08. The fraction of sp³-hybridized carbons (Fsp3) is 0.143. The summed E-state index contributed by atoms with van der Waals surface area (Å²) in [6.07, 6.45) is 0.791. The van der Waals surface area contributed by atoms with Crippen molar-refractivity contribution in [3.63, 3.8) is 0 Å². The summed E-state index contributed by atoms with van der Waals surface area (Å²) in [4.78, 5) is 0. The van der Waals surface area contributed by atoms with Crippen LogP contribution in [0.15, 0.2) is 78.9 Å². The minimum absolute atomic E-state index is 0.0258.